The van der Waals surface area contributed by atoms with Crippen LogP contribution in [0, 0.1) is 6.92 Å². The van der Waals surface area contributed by atoms with Crippen LogP contribution in [0.15, 0.2) is 18.2 Å². The van der Waals surface area contributed by atoms with E-state index in [0.717, 1.165) is 0 Å². The topological polar surface area (TPSA) is 58.6 Å². The van der Waals surface area contributed by atoms with E-state index in [1.807, 2.05) is 0 Å². The number of aromatic hydroxyl groups is 1. The van der Waals surface area contributed by atoms with Gasteiger partial charge in [-0.05, 0) is 18.6 Å². The highest BCUT2D eigenvalue weighted by atomic mass is 19.4. The van der Waals surface area contributed by atoms with Crippen LogP contribution in [0.1, 0.15) is 5.56 Å². The van der Waals surface area contributed by atoms with E-state index in [1.54, 1.807) is 19.1 Å². The van der Waals surface area contributed by atoms with Crippen molar-refractivity contribution in [2.75, 3.05) is 18.5 Å². The number of aryl methyl sites for hydroxylation is 1. The molecule has 0 atom stereocenters. The number of alkyl halides is 3. The van der Waals surface area contributed by atoms with E-state index in [2.05, 4.69) is 10.1 Å². The fraction of sp³-hybridized carbons (Fsp3) is 0.364. The predicted octanol–water partition coefficient (Wildman–Crippen LogP) is 2.22. The molecule has 1 amide bonds. The van der Waals surface area contributed by atoms with Crippen molar-refractivity contribution >= 4 is 11.6 Å². The minimum absolute atomic E-state index is 0.123. The third-order valence-corrected chi connectivity index (χ3v) is 2.01. The molecule has 0 heterocycles. The maximum absolute atomic E-state index is 11.8. The first kappa shape index (κ1) is 14.3. The maximum Gasteiger partial charge on any atom is 0.411 e. The highest BCUT2D eigenvalue weighted by molar-refractivity contribution is 5.93. The molecule has 0 saturated heterocycles. The third kappa shape index (κ3) is 4.62. The van der Waals surface area contributed by atoms with Gasteiger partial charge in [0.25, 0.3) is 0 Å². The second-order valence-corrected chi connectivity index (χ2v) is 3.63. The summed E-state index contributed by atoms with van der Waals surface area (Å²) in [6.07, 6.45) is -4.47. The number of anilines is 1. The highest BCUT2D eigenvalue weighted by Crippen LogP contribution is 2.26. The van der Waals surface area contributed by atoms with E-state index >= 15 is 0 Å². The van der Waals surface area contributed by atoms with Crippen LogP contribution in [0.2, 0.25) is 0 Å². The second kappa shape index (κ2) is 5.72. The molecular formula is C11H12F3NO3. The Bertz CT molecular complexity index is 432. The number of hydrogen-bond donors (Lipinski definition) is 2. The monoisotopic (exact) mass is 263 g/mol. The average Bonchev–Trinajstić information content (AvgIpc) is 2.23. The minimum atomic E-state index is -4.47. The van der Waals surface area contributed by atoms with E-state index in [1.165, 1.54) is 6.07 Å². The lowest BCUT2D eigenvalue weighted by Gasteiger charge is -2.10. The molecule has 4 nitrogen and oxygen atoms in total. The SMILES string of the molecule is Cc1cccc(NC(=O)COCC(F)(F)F)c1O. The molecule has 1 aromatic carbocycles. The maximum atomic E-state index is 11.8. The molecule has 1 aromatic rings. The van der Waals surface area contributed by atoms with Crippen molar-refractivity contribution in [1.29, 1.82) is 0 Å². The first-order valence-corrected chi connectivity index (χ1v) is 5.02. The van der Waals surface area contributed by atoms with Gasteiger partial charge in [0.1, 0.15) is 19.0 Å². The zero-order valence-electron chi connectivity index (χ0n) is 9.54. The van der Waals surface area contributed by atoms with Gasteiger partial charge in [0.05, 0.1) is 5.69 Å². The number of hydrogen-bond acceptors (Lipinski definition) is 3. The number of nitrogens with one attached hydrogen (secondary N) is 1. The number of ether oxygens (including phenoxy) is 1. The van der Waals surface area contributed by atoms with Crippen LogP contribution in [0.3, 0.4) is 0 Å². The number of benzene rings is 1. The number of carbonyl (C=O) groups is 1. The normalized spacial score (nSPS) is 11.3. The highest BCUT2D eigenvalue weighted by Gasteiger charge is 2.27. The van der Waals surface area contributed by atoms with Crippen molar-refractivity contribution in [2.45, 2.75) is 13.1 Å². The standard InChI is InChI=1S/C11H12F3NO3/c1-7-3-2-4-8(10(7)17)15-9(16)5-18-6-11(12,13)14/h2-4,17H,5-6H2,1H3,(H,15,16). The van der Waals surface area contributed by atoms with Crippen molar-refractivity contribution in [1.82, 2.24) is 0 Å². The van der Waals surface area contributed by atoms with Crippen LogP contribution in [0.25, 0.3) is 0 Å². The van der Waals surface area contributed by atoms with Crippen LogP contribution in [-0.2, 0) is 9.53 Å². The van der Waals surface area contributed by atoms with E-state index in [9.17, 15) is 23.1 Å². The summed E-state index contributed by atoms with van der Waals surface area (Å²) in [6.45, 7) is -0.585. The van der Waals surface area contributed by atoms with Gasteiger partial charge in [-0.25, -0.2) is 0 Å². The number of carbonyl (C=O) groups excluding carboxylic acids is 1. The van der Waals surface area contributed by atoms with Gasteiger partial charge in [0.2, 0.25) is 5.91 Å². The summed E-state index contributed by atoms with van der Waals surface area (Å²) in [5.41, 5.74) is 0.680. The summed E-state index contributed by atoms with van der Waals surface area (Å²) in [4.78, 5) is 11.2. The van der Waals surface area contributed by atoms with Crippen molar-refractivity contribution in [3.8, 4) is 5.75 Å². The molecule has 0 aliphatic carbocycles. The Morgan fingerprint density at radius 1 is 1.44 bits per heavy atom. The summed E-state index contributed by atoms with van der Waals surface area (Å²) < 4.78 is 39.4. The molecule has 2 N–H and O–H groups in total. The number of phenols is 1. The van der Waals surface area contributed by atoms with Crippen molar-refractivity contribution in [3.05, 3.63) is 23.8 Å². The van der Waals surface area contributed by atoms with Crippen LogP contribution in [0.4, 0.5) is 18.9 Å². The van der Waals surface area contributed by atoms with Gasteiger partial charge in [-0.1, -0.05) is 12.1 Å². The Balaban J connectivity index is 2.48. The molecule has 0 aliphatic rings. The predicted molar refractivity (Wildman–Crippen MR) is 58.3 cm³/mol. The lowest BCUT2D eigenvalue weighted by Crippen LogP contribution is -2.24. The van der Waals surface area contributed by atoms with E-state index in [-0.39, 0.29) is 11.4 Å². The Morgan fingerprint density at radius 2 is 2.11 bits per heavy atom. The fourth-order valence-electron chi connectivity index (χ4n) is 1.21. The molecular weight excluding hydrogens is 251 g/mol. The van der Waals surface area contributed by atoms with Crippen LogP contribution in [-0.4, -0.2) is 30.4 Å². The summed E-state index contributed by atoms with van der Waals surface area (Å²) in [7, 11) is 0. The quantitative estimate of drug-likeness (QED) is 0.819. The summed E-state index contributed by atoms with van der Waals surface area (Å²) in [5, 5.41) is 11.8. The van der Waals surface area contributed by atoms with Gasteiger partial charge in [0, 0.05) is 0 Å². The lowest BCUT2D eigenvalue weighted by molar-refractivity contribution is -0.174. The van der Waals surface area contributed by atoms with Gasteiger partial charge in [-0.2, -0.15) is 13.2 Å². The number of phenolic OH excluding ortho intramolecular Hbond substituents is 1. The summed E-state index contributed by atoms with van der Waals surface area (Å²) >= 11 is 0. The Labute approximate surface area is 101 Å². The zero-order valence-corrected chi connectivity index (χ0v) is 9.54. The second-order valence-electron chi connectivity index (χ2n) is 3.63. The number of rotatable bonds is 4. The molecule has 0 radical (unpaired) electrons. The first-order chi connectivity index (χ1) is 8.29. The van der Waals surface area contributed by atoms with Gasteiger partial charge < -0.3 is 15.2 Å². The minimum Gasteiger partial charge on any atom is -0.505 e. The molecule has 0 fully saturated rings. The molecule has 18 heavy (non-hydrogen) atoms. The van der Waals surface area contributed by atoms with Gasteiger partial charge in [0.15, 0.2) is 0 Å². The lowest BCUT2D eigenvalue weighted by atomic mass is 10.2. The fourth-order valence-corrected chi connectivity index (χ4v) is 1.21. The number of amides is 1. The first-order valence-electron chi connectivity index (χ1n) is 5.02. The van der Waals surface area contributed by atoms with E-state index in [4.69, 9.17) is 0 Å². The van der Waals surface area contributed by atoms with E-state index in [0.29, 0.717) is 5.56 Å². The molecule has 0 spiro atoms. The molecule has 1 rings (SSSR count). The van der Waals surface area contributed by atoms with E-state index < -0.39 is 25.3 Å². The van der Waals surface area contributed by atoms with Gasteiger partial charge in [-0.15, -0.1) is 0 Å². The van der Waals surface area contributed by atoms with Gasteiger partial charge in [-0.3, -0.25) is 4.79 Å². The molecule has 0 aliphatic heterocycles. The largest absolute Gasteiger partial charge is 0.505 e. The van der Waals surface area contributed by atoms with Crippen LogP contribution >= 0.6 is 0 Å². The molecule has 7 heteroatoms. The Morgan fingerprint density at radius 3 is 2.72 bits per heavy atom. The van der Waals surface area contributed by atoms with Crippen molar-refractivity contribution < 1.29 is 27.8 Å². The molecule has 100 valence electrons. The average molecular weight is 263 g/mol. The smallest absolute Gasteiger partial charge is 0.411 e. The third-order valence-electron chi connectivity index (χ3n) is 2.01. The Kier molecular flexibility index (Phi) is 4.55. The molecule has 0 bridgehead atoms. The zero-order chi connectivity index (χ0) is 13.8. The summed E-state index contributed by atoms with van der Waals surface area (Å²) in [5.74, 6) is -0.887. The van der Waals surface area contributed by atoms with Gasteiger partial charge >= 0.3 is 6.18 Å². The van der Waals surface area contributed by atoms with Crippen molar-refractivity contribution in [2.24, 2.45) is 0 Å². The number of halogens is 3. The molecule has 0 saturated carbocycles. The van der Waals surface area contributed by atoms with Crippen LogP contribution < -0.4 is 5.32 Å². The molecule has 0 unspecified atom stereocenters. The summed E-state index contributed by atoms with van der Waals surface area (Å²) in [6, 6.07) is 4.66. The van der Waals surface area contributed by atoms with Crippen molar-refractivity contribution in [3.63, 3.8) is 0 Å². The van der Waals surface area contributed by atoms with Crippen LogP contribution in [0.5, 0.6) is 5.75 Å². The number of para-hydroxylation sites is 1. The Hall–Kier alpha value is -1.76. The molecule has 0 aromatic heterocycles.